The van der Waals surface area contributed by atoms with Crippen LogP contribution < -0.4 is 5.73 Å². The van der Waals surface area contributed by atoms with E-state index in [1.807, 2.05) is 25.7 Å². The third-order valence-corrected chi connectivity index (χ3v) is 3.04. The summed E-state index contributed by atoms with van der Waals surface area (Å²) in [6.45, 7) is 12.0. The molecule has 2 N–H and O–H groups in total. The second-order valence-electron chi connectivity index (χ2n) is 5.92. The number of rotatable bonds is 7. The molecular formula is C13H28N2O2. The lowest BCUT2D eigenvalue weighted by molar-refractivity contribution is -0.137. The first-order valence-electron chi connectivity index (χ1n) is 6.20. The zero-order valence-corrected chi connectivity index (χ0v) is 12.2. The average Bonchev–Trinajstić information content (AvgIpc) is 2.25. The minimum absolute atomic E-state index is 0.0388. The van der Waals surface area contributed by atoms with Gasteiger partial charge in [-0.3, -0.25) is 4.79 Å². The first-order valence-corrected chi connectivity index (χ1v) is 6.20. The molecular weight excluding hydrogens is 216 g/mol. The zero-order valence-electron chi connectivity index (χ0n) is 12.2. The van der Waals surface area contributed by atoms with Crippen molar-refractivity contribution in [3.63, 3.8) is 0 Å². The Morgan fingerprint density at radius 2 is 1.82 bits per heavy atom. The van der Waals surface area contributed by atoms with Crippen molar-refractivity contribution in [1.29, 1.82) is 0 Å². The standard InChI is InChI=1S/C13H28N2O2/c1-7-15(10-12(2,3)9-14)11(16)8-13(4,5)17-6/h7-10,14H2,1-6H3. The molecule has 0 aliphatic carbocycles. The van der Waals surface area contributed by atoms with Crippen molar-refractivity contribution in [1.82, 2.24) is 4.90 Å². The van der Waals surface area contributed by atoms with Gasteiger partial charge in [-0.05, 0) is 32.7 Å². The van der Waals surface area contributed by atoms with Crippen molar-refractivity contribution >= 4 is 5.91 Å². The van der Waals surface area contributed by atoms with Gasteiger partial charge in [0, 0.05) is 20.2 Å². The molecule has 17 heavy (non-hydrogen) atoms. The van der Waals surface area contributed by atoms with E-state index in [0.29, 0.717) is 26.1 Å². The SMILES string of the molecule is CCN(CC(C)(C)CN)C(=O)CC(C)(C)OC. The molecule has 0 rings (SSSR count). The van der Waals surface area contributed by atoms with Crippen LogP contribution in [0.15, 0.2) is 0 Å². The molecule has 0 aromatic carbocycles. The number of ether oxygens (including phenoxy) is 1. The highest BCUT2D eigenvalue weighted by Gasteiger charge is 2.27. The number of carbonyl (C=O) groups excluding carboxylic acids is 1. The third kappa shape index (κ3) is 6.03. The van der Waals surface area contributed by atoms with Crippen molar-refractivity contribution in [3.8, 4) is 0 Å². The molecule has 0 radical (unpaired) electrons. The summed E-state index contributed by atoms with van der Waals surface area (Å²) in [6.07, 6.45) is 0.401. The van der Waals surface area contributed by atoms with Crippen LogP contribution in [0.5, 0.6) is 0 Å². The number of methoxy groups -OCH3 is 1. The molecule has 0 saturated carbocycles. The molecule has 0 heterocycles. The van der Waals surface area contributed by atoms with Gasteiger partial charge in [0.05, 0.1) is 12.0 Å². The minimum Gasteiger partial charge on any atom is -0.378 e. The molecule has 0 atom stereocenters. The Morgan fingerprint density at radius 1 is 1.29 bits per heavy atom. The monoisotopic (exact) mass is 244 g/mol. The van der Waals surface area contributed by atoms with Crippen LogP contribution in [0.4, 0.5) is 0 Å². The highest BCUT2D eigenvalue weighted by molar-refractivity contribution is 5.77. The Hall–Kier alpha value is -0.610. The molecule has 102 valence electrons. The number of nitrogens with two attached hydrogens (primary N) is 1. The molecule has 0 fully saturated rings. The van der Waals surface area contributed by atoms with Gasteiger partial charge in [-0.2, -0.15) is 0 Å². The molecule has 0 saturated heterocycles. The second-order valence-corrected chi connectivity index (χ2v) is 5.92. The third-order valence-electron chi connectivity index (χ3n) is 3.04. The van der Waals surface area contributed by atoms with Gasteiger partial charge in [0.2, 0.25) is 5.91 Å². The highest BCUT2D eigenvalue weighted by atomic mass is 16.5. The Balaban J connectivity index is 4.52. The average molecular weight is 244 g/mol. The van der Waals surface area contributed by atoms with Crippen LogP contribution in [0.1, 0.15) is 41.0 Å². The second kappa shape index (κ2) is 6.36. The summed E-state index contributed by atoms with van der Waals surface area (Å²) in [4.78, 5) is 14.0. The van der Waals surface area contributed by atoms with Gasteiger partial charge in [-0.25, -0.2) is 0 Å². The normalized spacial score (nSPS) is 12.6. The lowest BCUT2D eigenvalue weighted by atomic mass is 9.92. The summed E-state index contributed by atoms with van der Waals surface area (Å²) < 4.78 is 5.29. The molecule has 4 heteroatoms. The largest absolute Gasteiger partial charge is 0.378 e. The van der Waals surface area contributed by atoms with Gasteiger partial charge >= 0.3 is 0 Å². The lowest BCUT2D eigenvalue weighted by Gasteiger charge is -2.33. The van der Waals surface area contributed by atoms with Gasteiger partial charge in [-0.15, -0.1) is 0 Å². The van der Waals surface area contributed by atoms with E-state index >= 15 is 0 Å². The zero-order chi connectivity index (χ0) is 13.7. The van der Waals surface area contributed by atoms with Crippen LogP contribution in [0.25, 0.3) is 0 Å². The maximum atomic E-state index is 12.1. The predicted molar refractivity (Wildman–Crippen MR) is 70.8 cm³/mol. The minimum atomic E-state index is -0.405. The Bertz CT molecular complexity index is 250. The van der Waals surface area contributed by atoms with Crippen LogP contribution in [0.3, 0.4) is 0 Å². The van der Waals surface area contributed by atoms with Gasteiger partial charge < -0.3 is 15.4 Å². The van der Waals surface area contributed by atoms with Crippen LogP contribution in [-0.4, -0.2) is 43.2 Å². The van der Waals surface area contributed by atoms with Crippen LogP contribution in [0, 0.1) is 5.41 Å². The fourth-order valence-corrected chi connectivity index (χ4v) is 1.51. The van der Waals surface area contributed by atoms with E-state index in [1.165, 1.54) is 0 Å². The summed E-state index contributed by atoms with van der Waals surface area (Å²) in [6, 6.07) is 0. The van der Waals surface area contributed by atoms with Gasteiger partial charge in [0.1, 0.15) is 0 Å². The van der Waals surface area contributed by atoms with Crippen LogP contribution >= 0.6 is 0 Å². The molecule has 1 amide bonds. The van der Waals surface area contributed by atoms with Gasteiger partial charge in [0.15, 0.2) is 0 Å². The molecule has 0 aliphatic heterocycles. The molecule has 0 aliphatic rings. The Labute approximate surface area is 105 Å². The van der Waals surface area contributed by atoms with E-state index in [4.69, 9.17) is 10.5 Å². The van der Waals surface area contributed by atoms with E-state index in [-0.39, 0.29) is 11.3 Å². The maximum Gasteiger partial charge on any atom is 0.225 e. The van der Waals surface area contributed by atoms with E-state index < -0.39 is 5.60 Å². The van der Waals surface area contributed by atoms with E-state index in [1.54, 1.807) is 7.11 Å². The van der Waals surface area contributed by atoms with E-state index in [9.17, 15) is 4.79 Å². The summed E-state index contributed by atoms with van der Waals surface area (Å²) in [7, 11) is 1.63. The Morgan fingerprint density at radius 3 is 2.18 bits per heavy atom. The number of carbonyl (C=O) groups is 1. The van der Waals surface area contributed by atoms with Crippen LogP contribution in [0.2, 0.25) is 0 Å². The summed E-state index contributed by atoms with van der Waals surface area (Å²) in [5.74, 6) is 0.126. The lowest BCUT2D eigenvalue weighted by Crippen LogP contribution is -2.44. The van der Waals surface area contributed by atoms with Crippen molar-refractivity contribution in [2.24, 2.45) is 11.1 Å². The van der Waals surface area contributed by atoms with E-state index in [0.717, 1.165) is 0 Å². The fourth-order valence-electron chi connectivity index (χ4n) is 1.51. The molecule has 0 spiro atoms. The van der Waals surface area contributed by atoms with Gasteiger partial charge in [0.25, 0.3) is 0 Å². The Kier molecular flexibility index (Phi) is 6.13. The summed E-state index contributed by atoms with van der Waals surface area (Å²) in [5.41, 5.74) is 5.26. The molecule has 0 bridgehead atoms. The number of hydrogen-bond donors (Lipinski definition) is 1. The number of nitrogens with zero attached hydrogens (tertiary/aromatic N) is 1. The highest BCUT2D eigenvalue weighted by Crippen LogP contribution is 2.19. The molecule has 0 unspecified atom stereocenters. The van der Waals surface area contributed by atoms with Gasteiger partial charge in [-0.1, -0.05) is 13.8 Å². The van der Waals surface area contributed by atoms with Crippen molar-refractivity contribution in [2.75, 3.05) is 26.7 Å². The maximum absolute atomic E-state index is 12.1. The number of amides is 1. The summed E-state index contributed by atoms with van der Waals surface area (Å²) >= 11 is 0. The number of hydrogen-bond acceptors (Lipinski definition) is 3. The smallest absolute Gasteiger partial charge is 0.225 e. The molecule has 4 nitrogen and oxygen atoms in total. The first-order chi connectivity index (χ1) is 7.67. The molecule has 0 aromatic rings. The summed E-state index contributed by atoms with van der Waals surface area (Å²) in [5, 5.41) is 0. The van der Waals surface area contributed by atoms with Crippen molar-refractivity contribution in [3.05, 3.63) is 0 Å². The fraction of sp³-hybridized carbons (Fsp3) is 0.923. The first kappa shape index (κ1) is 16.4. The van der Waals surface area contributed by atoms with Crippen molar-refractivity contribution in [2.45, 2.75) is 46.6 Å². The molecule has 0 aromatic heterocycles. The van der Waals surface area contributed by atoms with E-state index in [2.05, 4.69) is 13.8 Å². The quantitative estimate of drug-likeness (QED) is 0.740. The predicted octanol–water partition coefficient (Wildman–Crippen LogP) is 1.63. The van der Waals surface area contributed by atoms with Crippen LogP contribution in [-0.2, 0) is 9.53 Å². The topological polar surface area (TPSA) is 55.6 Å². The van der Waals surface area contributed by atoms with Crippen molar-refractivity contribution < 1.29 is 9.53 Å².